The normalized spacial score (nSPS) is 12.0. The van der Waals surface area contributed by atoms with Crippen LogP contribution in [0.1, 0.15) is 30.8 Å². The predicted molar refractivity (Wildman–Crippen MR) is 119 cm³/mol. The maximum atomic E-state index is 12.5. The minimum Gasteiger partial charge on any atom is -0.493 e. The third-order valence-electron chi connectivity index (χ3n) is 4.62. The third-order valence-corrected chi connectivity index (χ3v) is 4.90. The van der Waals surface area contributed by atoms with Gasteiger partial charge in [-0.05, 0) is 35.8 Å². The number of carbonyl (C=O) groups is 1. The summed E-state index contributed by atoms with van der Waals surface area (Å²) in [5.74, 6) is 1.44. The number of carbonyl (C=O) groups excluding carboxylic acids is 1. The Hall–Kier alpha value is -3.25. The van der Waals surface area contributed by atoms with Crippen molar-refractivity contribution in [2.24, 2.45) is 0 Å². The number of rotatable bonds is 8. The first-order chi connectivity index (χ1) is 14.5. The second-order valence-corrected chi connectivity index (χ2v) is 7.00. The highest BCUT2D eigenvalue weighted by Gasteiger charge is 2.15. The number of hydrogen-bond acceptors (Lipinski definition) is 4. The summed E-state index contributed by atoms with van der Waals surface area (Å²) >= 11 is 6.22. The van der Waals surface area contributed by atoms with Gasteiger partial charge in [0.1, 0.15) is 5.82 Å². The summed E-state index contributed by atoms with van der Waals surface area (Å²) in [7, 11) is 3.06. The van der Waals surface area contributed by atoms with Gasteiger partial charge in [-0.25, -0.2) is 4.98 Å². The molecule has 3 aromatic rings. The highest BCUT2D eigenvalue weighted by atomic mass is 35.5. The zero-order chi connectivity index (χ0) is 21.5. The molecule has 0 radical (unpaired) electrons. The van der Waals surface area contributed by atoms with Crippen LogP contribution in [0.15, 0.2) is 54.7 Å². The van der Waals surface area contributed by atoms with Crippen molar-refractivity contribution in [1.82, 2.24) is 15.3 Å². The van der Waals surface area contributed by atoms with E-state index < -0.39 is 0 Å². The number of aromatic nitrogens is 2. The lowest BCUT2D eigenvalue weighted by molar-refractivity contribution is -0.117. The zero-order valence-corrected chi connectivity index (χ0v) is 17.9. The number of aromatic amines is 1. The molecule has 30 heavy (non-hydrogen) atoms. The van der Waals surface area contributed by atoms with Crippen LogP contribution in [0.3, 0.4) is 0 Å². The molecule has 3 rings (SSSR count). The van der Waals surface area contributed by atoms with E-state index in [1.807, 2.05) is 37.3 Å². The van der Waals surface area contributed by atoms with Crippen molar-refractivity contribution < 1.29 is 14.3 Å². The minimum absolute atomic E-state index is 0.228. The molecule has 1 aromatic heterocycles. The third kappa shape index (κ3) is 5.02. The van der Waals surface area contributed by atoms with Crippen molar-refractivity contribution in [3.63, 3.8) is 0 Å². The maximum Gasteiger partial charge on any atom is 0.244 e. The van der Waals surface area contributed by atoms with Gasteiger partial charge in [-0.1, -0.05) is 48.9 Å². The molecule has 0 unspecified atom stereocenters. The number of ether oxygens (including phenoxy) is 2. The zero-order valence-electron chi connectivity index (χ0n) is 17.1. The molecule has 0 saturated carbocycles. The first kappa shape index (κ1) is 21.5. The van der Waals surface area contributed by atoms with Gasteiger partial charge in [-0.3, -0.25) is 4.79 Å². The summed E-state index contributed by atoms with van der Waals surface area (Å²) in [6.07, 6.45) is 5.61. The molecule has 0 aliphatic carbocycles. The molecular formula is C23H24ClN3O3. The molecule has 2 N–H and O–H groups in total. The summed E-state index contributed by atoms with van der Waals surface area (Å²) in [5.41, 5.74) is 2.68. The molecule has 0 spiro atoms. The molecule has 0 saturated heterocycles. The van der Waals surface area contributed by atoms with Gasteiger partial charge in [0.05, 0.1) is 37.2 Å². The number of nitrogens with zero attached hydrogens (tertiary/aromatic N) is 1. The van der Waals surface area contributed by atoms with E-state index in [-0.39, 0.29) is 11.9 Å². The Balaban J connectivity index is 1.70. The fraction of sp³-hybridized carbons (Fsp3) is 0.217. The molecule has 6 nitrogen and oxygen atoms in total. The highest BCUT2D eigenvalue weighted by Crippen LogP contribution is 2.36. The highest BCUT2D eigenvalue weighted by molar-refractivity contribution is 6.32. The van der Waals surface area contributed by atoms with Crippen molar-refractivity contribution in [3.05, 3.63) is 71.1 Å². The van der Waals surface area contributed by atoms with E-state index in [1.54, 1.807) is 24.4 Å². The van der Waals surface area contributed by atoms with Crippen LogP contribution in [-0.4, -0.2) is 30.1 Å². The molecule has 156 valence electrons. The smallest absolute Gasteiger partial charge is 0.244 e. The van der Waals surface area contributed by atoms with Gasteiger partial charge in [0.15, 0.2) is 11.5 Å². The van der Waals surface area contributed by atoms with Gasteiger partial charge in [0, 0.05) is 6.08 Å². The van der Waals surface area contributed by atoms with E-state index in [9.17, 15) is 4.79 Å². The average Bonchev–Trinajstić information content (AvgIpc) is 3.26. The Bertz CT molecular complexity index is 1030. The molecule has 0 fully saturated rings. The van der Waals surface area contributed by atoms with Gasteiger partial charge in [-0.15, -0.1) is 0 Å². The molecule has 0 bridgehead atoms. The van der Waals surface area contributed by atoms with Crippen LogP contribution in [0, 0.1) is 0 Å². The number of H-pyrrole nitrogens is 1. The number of nitrogens with one attached hydrogen (secondary N) is 2. The first-order valence-electron chi connectivity index (χ1n) is 9.56. The van der Waals surface area contributed by atoms with Crippen molar-refractivity contribution in [2.75, 3.05) is 14.2 Å². The summed E-state index contributed by atoms with van der Waals surface area (Å²) in [6, 6.07) is 13.2. The number of benzene rings is 2. The van der Waals surface area contributed by atoms with Gasteiger partial charge < -0.3 is 19.8 Å². The molecule has 0 aliphatic heterocycles. The molecule has 1 amide bonds. The Morgan fingerprint density at radius 1 is 1.23 bits per heavy atom. The van der Waals surface area contributed by atoms with E-state index in [1.165, 1.54) is 20.3 Å². The monoisotopic (exact) mass is 425 g/mol. The second-order valence-electron chi connectivity index (χ2n) is 6.59. The molecule has 7 heteroatoms. The molecule has 1 heterocycles. The minimum atomic E-state index is -0.231. The van der Waals surface area contributed by atoms with Gasteiger partial charge in [0.25, 0.3) is 0 Å². The number of methoxy groups -OCH3 is 2. The number of imidazole rings is 1. The molecular weight excluding hydrogens is 402 g/mol. The lowest BCUT2D eigenvalue weighted by Gasteiger charge is -2.13. The lowest BCUT2D eigenvalue weighted by Crippen LogP contribution is -2.27. The standard InChI is InChI=1S/C23H24ClN3O3/c1-4-18(23-25-14-19(27-23)16-8-6-5-7-9-16)26-21(28)11-10-15-12-17(24)22(30-3)20(13-15)29-2/h5-14,18H,4H2,1-3H3,(H,25,27)(H,26,28)/b11-10+/t18-/m1/s1. The number of halogens is 1. The lowest BCUT2D eigenvalue weighted by atomic mass is 10.1. The van der Waals surface area contributed by atoms with Gasteiger partial charge in [0.2, 0.25) is 5.91 Å². The summed E-state index contributed by atoms with van der Waals surface area (Å²) < 4.78 is 10.5. The fourth-order valence-electron chi connectivity index (χ4n) is 3.07. The van der Waals surface area contributed by atoms with Gasteiger partial charge >= 0.3 is 0 Å². The van der Waals surface area contributed by atoms with Crippen LogP contribution in [0.2, 0.25) is 5.02 Å². The Morgan fingerprint density at radius 2 is 2.00 bits per heavy atom. The van der Waals surface area contributed by atoms with Crippen LogP contribution >= 0.6 is 11.6 Å². The van der Waals surface area contributed by atoms with Crippen molar-refractivity contribution in [1.29, 1.82) is 0 Å². The summed E-state index contributed by atoms with van der Waals surface area (Å²) in [6.45, 7) is 1.99. The predicted octanol–water partition coefficient (Wildman–Crippen LogP) is 5.03. The molecule has 0 aliphatic rings. The first-order valence-corrected chi connectivity index (χ1v) is 9.94. The van der Waals surface area contributed by atoms with Crippen molar-refractivity contribution in [3.8, 4) is 22.8 Å². The SMILES string of the molecule is CC[C@@H](NC(=O)/C=C/c1cc(Cl)c(OC)c(OC)c1)c1ncc(-c2ccccc2)[nH]1. The van der Waals surface area contributed by atoms with E-state index >= 15 is 0 Å². The molecule has 1 atom stereocenters. The number of hydrogen-bond donors (Lipinski definition) is 2. The topological polar surface area (TPSA) is 76.2 Å². The molecule has 2 aromatic carbocycles. The van der Waals surface area contributed by atoms with Crippen LogP contribution in [0.5, 0.6) is 11.5 Å². The van der Waals surface area contributed by atoms with Crippen LogP contribution in [-0.2, 0) is 4.79 Å². The number of amides is 1. The van der Waals surface area contributed by atoms with Gasteiger partial charge in [-0.2, -0.15) is 0 Å². The van der Waals surface area contributed by atoms with Crippen molar-refractivity contribution in [2.45, 2.75) is 19.4 Å². The maximum absolute atomic E-state index is 12.5. The summed E-state index contributed by atoms with van der Waals surface area (Å²) in [4.78, 5) is 20.2. The van der Waals surface area contributed by atoms with E-state index in [0.29, 0.717) is 28.8 Å². The van der Waals surface area contributed by atoms with E-state index in [2.05, 4.69) is 15.3 Å². The Kier molecular flexibility index (Phi) is 7.14. The van der Waals surface area contributed by atoms with Crippen LogP contribution < -0.4 is 14.8 Å². The fourth-order valence-corrected chi connectivity index (χ4v) is 3.36. The Labute approximate surface area is 180 Å². The second kappa shape index (κ2) is 9.98. The average molecular weight is 426 g/mol. The van der Waals surface area contributed by atoms with E-state index in [0.717, 1.165) is 16.8 Å². The quantitative estimate of drug-likeness (QED) is 0.496. The van der Waals surface area contributed by atoms with Crippen LogP contribution in [0.25, 0.3) is 17.3 Å². The Morgan fingerprint density at radius 3 is 2.67 bits per heavy atom. The summed E-state index contributed by atoms with van der Waals surface area (Å²) in [5, 5.41) is 3.38. The van der Waals surface area contributed by atoms with E-state index in [4.69, 9.17) is 21.1 Å². The van der Waals surface area contributed by atoms with Crippen molar-refractivity contribution >= 4 is 23.6 Å². The van der Waals surface area contributed by atoms with Crippen LogP contribution in [0.4, 0.5) is 0 Å². The largest absolute Gasteiger partial charge is 0.493 e.